The lowest BCUT2D eigenvalue weighted by Crippen LogP contribution is -2.38. The number of hydrogen-bond acceptors (Lipinski definition) is 5. The average Bonchev–Trinajstić information content (AvgIpc) is 2.81. The van der Waals surface area contributed by atoms with Crippen LogP contribution in [0.2, 0.25) is 0 Å². The molecule has 1 aliphatic heterocycles. The Labute approximate surface area is 195 Å². The van der Waals surface area contributed by atoms with Crippen molar-refractivity contribution in [2.45, 2.75) is 59.0 Å². The fourth-order valence-electron chi connectivity index (χ4n) is 4.49. The Hall–Kier alpha value is -3.21. The van der Waals surface area contributed by atoms with Gasteiger partial charge in [0.25, 0.3) is 0 Å². The number of ether oxygens (including phenoxy) is 3. The van der Waals surface area contributed by atoms with E-state index in [2.05, 4.69) is 6.92 Å². The van der Waals surface area contributed by atoms with Crippen molar-refractivity contribution in [1.29, 1.82) is 0 Å². The second-order valence-electron chi connectivity index (χ2n) is 9.13. The van der Waals surface area contributed by atoms with Crippen molar-refractivity contribution in [2.75, 3.05) is 13.2 Å². The fraction of sp³-hybridized carbons (Fsp3) is 0.393. The van der Waals surface area contributed by atoms with Crippen molar-refractivity contribution in [3.63, 3.8) is 0 Å². The second-order valence-corrected chi connectivity index (χ2v) is 9.13. The number of phenolic OH excluding ortho intramolecular Hbond substituents is 1. The zero-order chi connectivity index (χ0) is 23.6. The van der Waals surface area contributed by atoms with E-state index < -0.39 is 5.60 Å². The third-order valence-corrected chi connectivity index (χ3v) is 6.80. The Kier molecular flexibility index (Phi) is 6.50. The van der Waals surface area contributed by atoms with Crippen LogP contribution < -0.4 is 9.47 Å². The summed E-state index contributed by atoms with van der Waals surface area (Å²) >= 11 is 0. The minimum Gasteiger partial charge on any atom is -0.507 e. The molecule has 5 heteroatoms. The molecular formula is C28H32O5. The van der Waals surface area contributed by atoms with Gasteiger partial charge in [-0.1, -0.05) is 36.4 Å². The molecule has 1 atom stereocenters. The number of aromatic hydroxyl groups is 1. The molecule has 0 aliphatic carbocycles. The topological polar surface area (TPSA) is 65.0 Å². The summed E-state index contributed by atoms with van der Waals surface area (Å²) in [5, 5.41) is 12.5. The predicted molar refractivity (Wildman–Crippen MR) is 129 cm³/mol. The van der Waals surface area contributed by atoms with Crippen LogP contribution in [0.3, 0.4) is 0 Å². The van der Waals surface area contributed by atoms with E-state index in [0.717, 1.165) is 57.4 Å². The van der Waals surface area contributed by atoms with Gasteiger partial charge in [-0.15, -0.1) is 0 Å². The third-order valence-electron chi connectivity index (χ3n) is 6.80. The highest BCUT2D eigenvalue weighted by atomic mass is 16.5. The first-order valence-corrected chi connectivity index (χ1v) is 11.6. The van der Waals surface area contributed by atoms with Crippen LogP contribution in [0.25, 0.3) is 10.8 Å². The number of phenols is 1. The van der Waals surface area contributed by atoms with E-state index in [4.69, 9.17) is 14.2 Å². The van der Waals surface area contributed by atoms with Gasteiger partial charge in [-0.3, -0.25) is 4.79 Å². The molecule has 4 rings (SSSR count). The Bertz CT molecular complexity index is 1180. The van der Waals surface area contributed by atoms with Crippen molar-refractivity contribution in [2.24, 2.45) is 0 Å². The molecular weight excluding hydrogens is 416 g/mol. The van der Waals surface area contributed by atoms with E-state index in [1.165, 1.54) is 0 Å². The first-order valence-electron chi connectivity index (χ1n) is 11.6. The molecule has 0 saturated heterocycles. The lowest BCUT2D eigenvalue weighted by atomic mass is 9.86. The molecule has 0 radical (unpaired) electrons. The zero-order valence-electron chi connectivity index (χ0n) is 19.9. The molecule has 0 fully saturated rings. The van der Waals surface area contributed by atoms with Gasteiger partial charge in [0.05, 0.1) is 19.6 Å². The predicted octanol–water partition coefficient (Wildman–Crippen LogP) is 5.96. The molecule has 174 valence electrons. The van der Waals surface area contributed by atoms with Gasteiger partial charge < -0.3 is 19.3 Å². The summed E-state index contributed by atoms with van der Waals surface area (Å²) in [6, 6.07) is 13.9. The Morgan fingerprint density at radius 1 is 1.03 bits per heavy atom. The third kappa shape index (κ3) is 4.77. The highest BCUT2D eigenvalue weighted by Gasteiger charge is 2.34. The Morgan fingerprint density at radius 2 is 1.79 bits per heavy atom. The minimum absolute atomic E-state index is 0.195. The van der Waals surface area contributed by atoms with Gasteiger partial charge in [0, 0.05) is 17.4 Å². The summed E-state index contributed by atoms with van der Waals surface area (Å²) < 4.78 is 17.7. The van der Waals surface area contributed by atoms with Crippen LogP contribution in [-0.2, 0) is 16.0 Å². The molecule has 1 N–H and O–H groups in total. The van der Waals surface area contributed by atoms with Gasteiger partial charge in [-0.2, -0.15) is 0 Å². The summed E-state index contributed by atoms with van der Waals surface area (Å²) in [6.45, 7) is 8.47. The molecule has 3 aromatic carbocycles. The van der Waals surface area contributed by atoms with Gasteiger partial charge in [0.1, 0.15) is 22.8 Å². The molecule has 3 aromatic rings. The largest absolute Gasteiger partial charge is 0.507 e. The van der Waals surface area contributed by atoms with E-state index in [9.17, 15) is 9.90 Å². The van der Waals surface area contributed by atoms with Crippen LogP contribution in [0, 0.1) is 20.8 Å². The van der Waals surface area contributed by atoms with Gasteiger partial charge in [-0.05, 0) is 68.7 Å². The van der Waals surface area contributed by atoms with Crippen molar-refractivity contribution in [3.8, 4) is 17.2 Å². The first kappa shape index (κ1) is 23.0. The number of hydrogen-bond donors (Lipinski definition) is 1. The lowest BCUT2D eigenvalue weighted by molar-refractivity contribution is -0.145. The molecule has 0 saturated carbocycles. The number of fused-ring (bicyclic) bond motifs is 2. The maximum absolute atomic E-state index is 12.3. The molecule has 5 nitrogen and oxygen atoms in total. The zero-order valence-corrected chi connectivity index (χ0v) is 19.9. The van der Waals surface area contributed by atoms with E-state index in [1.54, 1.807) is 0 Å². The van der Waals surface area contributed by atoms with Crippen molar-refractivity contribution >= 4 is 16.7 Å². The maximum atomic E-state index is 12.3. The Balaban J connectivity index is 1.28. The van der Waals surface area contributed by atoms with E-state index in [0.29, 0.717) is 18.8 Å². The van der Waals surface area contributed by atoms with Crippen molar-refractivity contribution in [1.82, 2.24) is 0 Å². The van der Waals surface area contributed by atoms with E-state index >= 15 is 0 Å². The van der Waals surface area contributed by atoms with Gasteiger partial charge in [0.15, 0.2) is 0 Å². The Morgan fingerprint density at radius 3 is 2.61 bits per heavy atom. The molecule has 0 amide bonds. The maximum Gasteiger partial charge on any atom is 0.309 e. The normalized spacial score (nSPS) is 17.3. The summed E-state index contributed by atoms with van der Waals surface area (Å²) in [5.41, 5.74) is 3.39. The SMILES string of the molecule is Cc1c(C)c2c(c(C)c1O)CCC(C)(CCOC(=O)CCOc1cccc3ccccc13)O2. The molecule has 1 heterocycles. The number of esters is 1. The number of carbonyl (C=O) groups is 1. The summed E-state index contributed by atoms with van der Waals surface area (Å²) in [5.74, 6) is 1.72. The number of carbonyl (C=O) groups excluding carboxylic acids is 1. The van der Waals surface area contributed by atoms with Crippen molar-refractivity contribution in [3.05, 3.63) is 64.7 Å². The highest BCUT2D eigenvalue weighted by Crippen LogP contribution is 2.44. The first-order chi connectivity index (χ1) is 15.8. The summed E-state index contributed by atoms with van der Waals surface area (Å²) in [7, 11) is 0. The number of rotatable bonds is 7. The molecule has 0 spiro atoms. The van der Waals surface area contributed by atoms with Crippen LogP contribution >= 0.6 is 0 Å². The van der Waals surface area contributed by atoms with Crippen LogP contribution in [0.1, 0.15) is 48.4 Å². The fourth-order valence-corrected chi connectivity index (χ4v) is 4.49. The van der Waals surface area contributed by atoms with E-state index in [-0.39, 0.29) is 19.0 Å². The highest BCUT2D eigenvalue weighted by molar-refractivity contribution is 5.88. The molecule has 0 aromatic heterocycles. The van der Waals surface area contributed by atoms with Crippen LogP contribution in [0.15, 0.2) is 42.5 Å². The van der Waals surface area contributed by atoms with Crippen LogP contribution in [0.4, 0.5) is 0 Å². The number of benzene rings is 3. The molecule has 33 heavy (non-hydrogen) atoms. The van der Waals surface area contributed by atoms with Gasteiger partial charge in [-0.25, -0.2) is 0 Å². The monoisotopic (exact) mass is 448 g/mol. The smallest absolute Gasteiger partial charge is 0.309 e. The van der Waals surface area contributed by atoms with Crippen molar-refractivity contribution < 1.29 is 24.1 Å². The lowest BCUT2D eigenvalue weighted by Gasteiger charge is -2.37. The van der Waals surface area contributed by atoms with Gasteiger partial charge >= 0.3 is 5.97 Å². The quantitative estimate of drug-likeness (QED) is 0.452. The average molecular weight is 449 g/mol. The van der Waals surface area contributed by atoms with E-state index in [1.807, 2.05) is 63.2 Å². The summed E-state index contributed by atoms with van der Waals surface area (Å²) in [6.07, 6.45) is 2.45. The van der Waals surface area contributed by atoms with Gasteiger partial charge in [0.2, 0.25) is 0 Å². The molecule has 1 aliphatic rings. The second kappa shape index (κ2) is 9.34. The molecule has 0 bridgehead atoms. The van der Waals surface area contributed by atoms with Crippen LogP contribution in [-0.4, -0.2) is 29.9 Å². The molecule has 1 unspecified atom stereocenters. The standard InChI is InChI=1S/C28H32O5/c1-18-19(2)27-22(20(3)26(18)30)12-14-28(4,33-27)15-17-32-25(29)13-16-31-24-11-7-9-21-8-5-6-10-23(21)24/h5-11,30H,12-17H2,1-4H3. The van der Waals surface area contributed by atoms with Crippen LogP contribution in [0.5, 0.6) is 17.2 Å². The minimum atomic E-state index is -0.409. The summed E-state index contributed by atoms with van der Waals surface area (Å²) in [4.78, 5) is 12.3.